The molecule has 4 nitrogen and oxygen atoms in total. The molecule has 5 heteroatoms. The summed E-state index contributed by atoms with van der Waals surface area (Å²) in [6.07, 6.45) is 2.41. The SMILES string of the molecule is Cc1ccc(CNC(=O)CN2CCC(N3CCSCC3)CC2)cc1. The Kier molecular flexibility index (Phi) is 6.58. The minimum atomic E-state index is 0.142. The van der Waals surface area contributed by atoms with Crippen LogP contribution < -0.4 is 5.32 Å². The van der Waals surface area contributed by atoms with Crippen molar-refractivity contribution in [2.24, 2.45) is 0 Å². The maximum Gasteiger partial charge on any atom is 0.234 e. The molecule has 0 saturated carbocycles. The Morgan fingerprint density at radius 1 is 1.12 bits per heavy atom. The van der Waals surface area contributed by atoms with E-state index >= 15 is 0 Å². The molecule has 0 aromatic heterocycles. The van der Waals surface area contributed by atoms with Crippen molar-refractivity contribution in [1.82, 2.24) is 15.1 Å². The second-order valence-corrected chi connectivity index (χ2v) is 8.14. The maximum atomic E-state index is 12.2. The zero-order chi connectivity index (χ0) is 16.8. The van der Waals surface area contributed by atoms with Crippen LogP contribution in [0.1, 0.15) is 24.0 Å². The van der Waals surface area contributed by atoms with Gasteiger partial charge in [0.05, 0.1) is 6.54 Å². The van der Waals surface area contributed by atoms with Crippen LogP contribution in [-0.4, -0.2) is 66.0 Å². The van der Waals surface area contributed by atoms with Gasteiger partial charge in [0, 0.05) is 50.3 Å². The summed E-state index contributed by atoms with van der Waals surface area (Å²) in [6, 6.07) is 9.07. The van der Waals surface area contributed by atoms with E-state index in [1.807, 2.05) is 0 Å². The van der Waals surface area contributed by atoms with E-state index in [-0.39, 0.29) is 5.91 Å². The summed E-state index contributed by atoms with van der Waals surface area (Å²) in [5.41, 5.74) is 2.41. The molecule has 0 bridgehead atoms. The van der Waals surface area contributed by atoms with Crippen molar-refractivity contribution in [2.45, 2.75) is 32.4 Å². The lowest BCUT2D eigenvalue weighted by atomic mass is 10.0. The first-order chi connectivity index (χ1) is 11.7. The molecule has 2 saturated heterocycles. The number of nitrogens with zero attached hydrogens (tertiary/aromatic N) is 2. The van der Waals surface area contributed by atoms with E-state index in [0.29, 0.717) is 13.1 Å². The summed E-state index contributed by atoms with van der Waals surface area (Å²) in [6.45, 7) is 7.82. The minimum Gasteiger partial charge on any atom is -0.351 e. The first-order valence-electron chi connectivity index (χ1n) is 9.07. The molecule has 24 heavy (non-hydrogen) atoms. The van der Waals surface area contributed by atoms with E-state index in [1.165, 1.54) is 43.0 Å². The number of thioether (sulfide) groups is 1. The number of rotatable bonds is 5. The highest BCUT2D eigenvalue weighted by Gasteiger charge is 2.26. The molecule has 3 rings (SSSR count). The van der Waals surface area contributed by atoms with Gasteiger partial charge in [-0.1, -0.05) is 29.8 Å². The highest BCUT2D eigenvalue weighted by Crippen LogP contribution is 2.20. The summed E-state index contributed by atoms with van der Waals surface area (Å²) in [7, 11) is 0. The molecule has 0 aliphatic carbocycles. The number of aryl methyl sites for hydroxylation is 1. The molecule has 1 N–H and O–H groups in total. The summed E-state index contributed by atoms with van der Waals surface area (Å²) in [5.74, 6) is 2.70. The Bertz CT molecular complexity index is 520. The van der Waals surface area contributed by atoms with Gasteiger partial charge >= 0.3 is 0 Å². The highest BCUT2D eigenvalue weighted by atomic mass is 32.2. The number of likely N-dealkylation sites (tertiary alicyclic amines) is 1. The van der Waals surface area contributed by atoms with Gasteiger partial charge in [0.25, 0.3) is 0 Å². The van der Waals surface area contributed by atoms with Crippen LogP contribution in [0.2, 0.25) is 0 Å². The fourth-order valence-corrected chi connectivity index (χ4v) is 4.48. The van der Waals surface area contributed by atoms with Crippen LogP contribution in [0.3, 0.4) is 0 Å². The van der Waals surface area contributed by atoms with Crippen molar-refractivity contribution in [1.29, 1.82) is 0 Å². The lowest BCUT2D eigenvalue weighted by Gasteiger charge is -2.39. The number of amides is 1. The number of carbonyl (C=O) groups is 1. The Morgan fingerprint density at radius 2 is 1.79 bits per heavy atom. The van der Waals surface area contributed by atoms with Gasteiger partial charge in [-0.05, 0) is 25.3 Å². The summed E-state index contributed by atoms with van der Waals surface area (Å²) in [5, 5.41) is 3.05. The zero-order valence-corrected chi connectivity index (χ0v) is 15.5. The van der Waals surface area contributed by atoms with Crippen molar-refractivity contribution >= 4 is 17.7 Å². The number of hydrogen-bond acceptors (Lipinski definition) is 4. The van der Waals surface area contributed by atoms with Crippen molar-refractivity contribution in [2.75, 3.05) is 44.2 Å². The molecule has 0 unspecified atom stereocenters. The van der Waals surface area contributed by atoms with Crippen LogP contribution in [0.15, 0.2) is 24.3 Å². The van der Waals surface area contributed by atoms with E-state index in [0.717, 1.165) is 24.7 Å². The molecule has 0 radical (unpaired) electrons. The highest BCUT2D eigenvalue weighted by molar-refractivity contribution is 7.99. The molecule has 0 atom stereocenters. The molecular formula is C19H29N3OS. The largest absolute Gasteiger partial charge is 0.351 e. The van der Waals surface area contributed by atoms with Crippen LogP contribution >= 0.6 is 11.8 Å². The van der Waals surface area contributed by atoms with Crippen LogP contribution in [0, 0.1) is 6.92 Å². The molecule has 1 aromatic rings. The normalized spacial score (nSPS) is 20.9. The monoisotopic (exact) mass is 347 g/mol. The standard InChI is InChI=1S/C19H29N3OS/c1-16-2-4-17(5-3-16)14-20-19(23)15-21-8-6-18(7-9-21)22-10-12-24-13-11-22/h2-5,18H,6-15H2,1H3,(H,20,23). The van der Waals surface area contributed by atoms with Crippen molar-refractivity contribution in [3.8, 4) is 0 Å². The second kappa shape index (κ2) is 8.88. The quantitative estimate of drug-likeness (QED) is 0.885. The fourth-order valence-electron chi connectivity index (χ4n) is 3.55. The van der Waals surface area contributed by atoms with Crippen molar-refractivity contribution in [3.05, 3.63) is 35.4 Å². The molecule has 2 fully saturated rings. The molecule has 2 aliphatic rings. The summed E-state index contributed by atoms with van der Waals surface area (Å²) >= 11 is 2.07. The van der Waals surface area contributed by atoms with Gasteiger partial charge in [-0.15, -0.1) is 0 Å². The van der Waals surface area contributed by atoms with Gasteiger partial charge in [-0.3, -0.25) is 14.6 Å². The predicted octanol–water partition coefficient (Wildman–Crippen LogP) is 2.12. The van der Waals surface area contributed by atoms with E-state index < -0.39 is 0 Å². The number of benzene rings is 1. The predicted molar refractivity (Wildman–Crippen MR) is 101 cm³/mol. The molecule has 2 aliphatic heterocycles. The number of nitrogens with one attached hydrogen (secondary N) is 1. The van der Waals surface area contributed by atoms with Crippen molar-refractivity contribution < 1.29 is 4.79 Å². The fraction of sp³-hybridized carbons (Fsp3) is 0.632. The average molecular weight is 348 g/mol. The van der Waals surface area contributed by atoms with Crippen LogP contribution in [0.5, 0.6) is 0 Å². The van der Waals surface area contributed by atoms with Gasteiger partial charge in [0.1, 0.15) is 0 Å². The lowest BCUT2D eigenvalue weighted by molar-refractivity contribution is -0.122. The van der Waals surface area contributed by atoms with Gasteiger partial charge in [-0.25, -0.2) is 0 Å². The Hall–Kier alpha value is -1.04. The van der Waals surface area contributed by atoms with Crippen LogP contribution in [0.25, 0.3) is 0 Å². The van der Waals surface area contributed by atoms with Gasteiger partial charge in [0.2, 0.25) is 5.91 Å². The lowest BCUT2D eigenvalue weighted by Crippen LogP contribution is -2.49. The number of hydrogen-bond donors (Lipinski definition) is 1. The molecule has 1 aromatic carbocycles. The molecule has 0 spiro atoms. The number of piperidine rings is 1. The molecular weight excluding hydrogens is 318 g/mol. The minimum absolute atomic E-state index is 0.142. The van der Waals surface area contributed by atoms with E-state index in [2.05, 4.69) is 58.1 Å². The maximum absolute atomic E-state index is 12.2. The Morgan fingerprint density at radius 3 is 2.46 bits per heavy atom. The second-order valence-electron chi connectivity index (χ2n) is 6.92. The summed E-state index contributed by atoms with van der Waals surface area (Å²) in [4.78, 5) is 17.1. The van der Waals surface area contributed by atoms with Crippen molar-refractivity contribution in [3.63, 3.8) is 0 Å². The van der Waals surface area contributed by atoms with E-state index in [4.69, 9.17) is 0 Å². The van der Waals surface area contributed by atoms with Gasteiger partial charge in [0.15, 0.2) is 0 Å². The molecule has 1 amide bonds. The third-order valence-corrected chi connectivity index (χ3v) is 6.04. The molecule has 132 valence electrons. The number of carbonyl (C=O) groups excluding carboxylic acids is 1. The average Bonchev–Trinajstić information content (AvgIpc) is 2.63. The summed E-state index contributed by atoms with van der Waals surface area (Å²) < 4.78 is 0. The first kappa shape index (κ1) is 17.8. The zero-order valence-electron chi connectivity index (χ0n) is 14.7. The van der Waals surface area contributed by atoms with Gasteiger partial charge in [-0.2, -0.15) is 11.8 Å². The third-order valence-electron chi connectivity index (χ3n) is 5.10. The van der Waals surface area contributed by atoms with E-state index in [1.54, 1.807) is 0 Å². The van der Waals surface area contributed by atoms with Gasteiger partial charge < -0.3 is 5.32 Å². The first-order valence-corrected chi connectivity index (χ1v) is 10.2. The Balaban J connectivity index is 1.36. The third kappa shape index (κ3) is 5.23. The van der Waals surface area contributed by atoms with E-state index in [9.17, 15) is 4.79 Å². The Labute approximate surface area is 150 Å². The topological polar surface area (TPSA) is 35.6 Å². The smallest absolute Gasteiger partial charge is 0.234 e. The van der Waals surface area contributed by atoms with Crippen LogP contribution in [-0.2, 0) is 11.3 Å². The van der Waals surface area contributed by atoms with Crippen LogP contribution in [0.4, 0.5) is 0 Å². The molecule has 2 heterocycles.